The van der Waals surface area contributed by atoms with Crippen LogP contribution in [0.5, 0.6) is 17.2 Å². The summed E-state index contributed by atoms with van der Waals surface area (Å²) in [5, 5.41) is 17.0. The Morgan fingerprint density at radius 3 is 2.18 bits per heavy atom. The number of halogens is 2. The van der Waals surface area contributed by atoms with E-state index in [2.05, 4.69) is 15.3 Å². The number of aliphatic imine (C=N–C) groups is 1. The van der Waals surface area contributed by atoms with Crippen molar-refractivity contribution in [3.05, 3.63) is 199 Å². The Balaban J connectivity index is 1.20. The first kappa shape index (κ1) is 42.6. The number of nitrogens with zero attached hydrogens (tertiary/aromatic N) is 4. The van der Waals surface area contributed by atoms with E-state index in [1.807, 2.05) is 84.9 Å². The highest BCUT2D eigenvalue weighted by Gasteiger charge is 2.54. The maximum atomic E-state index is 15.0. The second-order valence-corrected chi connectivity index (χ2v) is 15.1. The smallest absolute Gasteiger partial charge is 0.252 e. The molecular weight excluding hydrogens is 813 g/mol. The summed E-state index contributed by atoms with van der Waals surface area (Å²) >= 11 is 13.2. The Morgan fingerprint density at radius 2 is 1.49 bits per heavy atom. The lowest BCUT2D eigenvalue weighted by atomic mass is 9.81. The van der Waals surface area contributed by atoms with Gasteiger partial charge in [-0.1, -0.05) is 125 Å². The Hall–Kier alpha value is -6.49. The van der Waals surface area contributed by atoms with Crippen LogP contribution in [-0.4, -0.2) is 42.2 Å². The number of carbonyl (C=O) groups excluding carboxylic acids is 1. The highest BCUT2D eigenvalue weighted by molar-refractivity contribution is 6.35. The molecule has 6 aromatic carbocycles. The van der Waals surface area contributed by atoms with Crippen LogP contribution in [0.1, 0.15) is 45.9 Å². The summed E-state index contributed by atoms with van der Waals surface area (Å²) in [7, 11) is 0. The van der Waals surface area contributed by atoms with Gasteiger partial charge in [0.15, 0.2) is 23.1 Å². The predicted octanol–water partition coefficient (Wildman–Crippen LogP) is 10.7. The molecule has 1 amide bonds. The van der Waals surface area contributed by atoms with Crippen LogP contribution in [0.25, 0.3) is 10.4 Å². The fraction of sp³-hybridized carbons (Fsp3) is 0.208. The molecule has 2 atom stereocenters. The van der Waals surface area contributed by atoms with Gasteiger partial charge in [0, 0.05) is 57.8 Å². The molecule has 11 nitrogen and oxygen atoms in total. The fourth-order valence-corrected chi connectivity index (χ4v) is 7.46. The molecule has 0 aliphatic carbocycles. The molecule has 61 heavy (non-hydrogen) atoms. The normalized spacial score (nSPS) is 15.5. The van der Waals surface area contributed by atoms with Crippen LogP contribution in [0.4, 0.5) is 5.69 Å². The molecule has 0 bridgehead atoms. The van der Waals surface area contributed by atoms with Crippen LogP contribution in [0.15, 0.2) is 156 Å². The average Bonchev–Trinajstić information content (AvgIpc) is 3.67. The zero-order valence-electron chi connectivity index (χ0n) is 33.1. The summed E-state index contributed by atoms with van der Waals surface area (Å²) in [4.78, 5) is 23.2. The number of amides is 1. The Labute approximate surface area is 364 Å². The van der Waals surface area contributed by atoms with E-state index in [-0.39, 0.29) is 25.5 Å². The van der Waals surface area contributed by atoms with Crippen molar-refractivity contribution in [1.29, 1.82) is 0 Å². The zero-order chi connectivity index (χ0) is 42.4. The number of nitrogens with one attached hydrogen (secondary N) is 1. The van der Waals surface area contributed by atoms with Crippen molar-refractivity contribution in [1.82, 2.24) is 5.32 Å². The minimum atomic E-state index is -1.64. The number of aliphatic hydroxyl groups is 1. The van der Waals surface area contributed by atoms with Gasteiger partial charge < -0.3 is 29.4 Å². The number of hydrogen-bond donors (Lipinski definition) is 2. The van der Waals surface area contributed by atoms with E-state index in [9.17, 15) is 10.6 Å². The van der Waals surface area contributed by atoms with E-state index in [4.69, 9.17) is 47.1 Å². The van der Waals surface area contributed by atoms with E-state index in [1.165, 1.54) is 0 Å². The molecular formula is C48H43Cl2N5O6. The largest absolute Gasteiger partial charge is 0.494 e. The van der Waals surface area contributed by atoms with Crippen LogP contribution in [0.2, 0.25) is 10.0 Å². The number of aliphatic hydroxyl groups excluding tert-OH is 1. The van der Waals surface area contributed by atoms with Gasteiger partial charge in [0.2, 0.25) is 5.90 Å². The third kappa shape index (κ3) is 10.8. The van der Waals surface area contributed by atoms with Crippen LogP contribution in [0.3, 0.4) is 0 Å². The van der Waals surface area contributed by atoms with Crippen molar-refractivity contribution in [2.45, 2.75) is 44.1 Å². The summed E-state index contributed by atoms with van der Waals surface area (Å²) < 4.78 is 25.0. The van der Waals surface area contributed by atoms with Crippen LogP contribution in [-0.2, 0) is 35.6 Å². The molecule has 6 aromatic rings. The van der Waals surface area contributed by atoms with Crippen molar-refractivity contribution in [3.8, 4) is 17.2 Å². The third-order valence-corrected chi connectivity index (χ3v) is 10.6. The molecule has 0 aromatic heterocycles. The first-order valence-electron chi connectivity index (χ1n) is 19.8. The third-order valence-electron chi connectivity index (χ3n) is 10.1. The second-order valence-electron chi connectivity index (χ2n) is 14.3. The molecule has 2 N–H and O–H groups in total. The maximum Gasteiger partial charge on any atom is 0.252 e. The Morgan fingerprint density at radius 1 is 0.803 bits per heavy atom. The molecule has 1 heterocycles. The lowest BCUT2D eigenvalue weighted by molar-refractivity contribution is -0.128. The molecule has 0 saturated heterocycles. The molecule has 1 aliphatic heterocycles. The number of hydrogen-bond acceptors (Lipinski definition) is 8. The quantitative estimate of drug-likeness (QED) is 0.0359. The van der Waals surface area contributed by atoms with E-state index in [0.717, 1.165) is 16.7 Å². The fourth-order valence-electron chi connectivity index (χ4n) is 6.95. The molecule has 1 aliphatic rings. The van der Waals surface area contributed by atoms with Gasteiger partial charge in [0.05, 0.1) is 6.61 Å². The van der Waals surface area contributed by atoms with E-state index in [0.29, 0.717) is 82.3 Å². The number of ether oxygens (including phenoxy) is 4. The summed E-state index contributed by atoms with van der Waals surface area (Å²) in [5.41, 5.74) is 12.8. The SMILES string of the molecule is [N-]=[N+]=Nc1ccccc1C[C@@]1(C(=O)NCCc2ccc(OCc3ccccc3)c(OCc3ccccc3)c2)N=C(c2ccc(OCCCO)cc2)O[C@@H]1c1ccc(Cl)cc1Cl. The van der Waals surface area contributed by atoms with Gasteiger partial charge in [-0.3, -0.25) is 4.79 Å². The van der Waals surface area contributed by atoms with Gasteiger partial charge in [0.25, 0.3) is 5.91 Å². The highest BCUT2D eigenvalue weighted by Crippen LogP contribution is 2.46. The van der Waals surface area contributed by atoms with Gasteiger partial charge in [0.1, 0.15) is 19.0 Å². The number of rotatable bonds is 19. The lowest BCUT2D eigenvalue weighted by Gasteiger charge is -2.31. The highest BCUT2D eigenvalue weighted by atomic mass is 35.5. The van der Waals surface area contributed by atoms with Crippen molar-refractivity contribution < 1.29 is 28.8 Å². The lowest BCUT2D eigenvalue weighted by Crippen LogP contribution is -2.50. The molecule has 0 unspecified atom stereocenters. The molecule has 0 radical (unpaired) electrons. The standard InChI is InChI=1S/C48H43Cl2N5O6/c49-38-19-22-40(41(50)29-38)45-48(30-37-14-7-8-15-42(37)54-55-51,53-46(61-45)36-17-20-39(21-18-36)58-27-9-26-56)47(57)52-25-24-33-16-23-43(59-31-34-10-3-1-4-11-34)44(28-33)60-32-35-12-5-2-6-13-35/h1-8,10-23,28-29,45,56H,9,24-27,30-32H2,(H,52,57)/t45-,48-/m1/s1. The minimum Gasteiger partial charge on any atom is -0.494 e. The second kappa shape index (κ2) is 20.7. The van der Waals surface area contributed by atoms with Gasteiger partial charge in [-0.2, -0.15) is 0 Å². The van der Waals surface area contributed by atoms with Crippen LogP contribution >= 0.6 is 23.2 Å². The van der Waals surface area contributed by atoms with E-state index < -0.39 is 17.6 Å². The minimum absolute atomic E-state index is 0.00553. The van der Waals surface area contributed by atoms with Crippen molar-refractivity contribution >= 4 is 40.7 Å². The van der Waals surface area contributed by atoms with Gasteiger partial charge in [-0.15, -0.1) is 0 Å². The van der Waals surface area contributed by atoms with Gasteiger partial charge in [-0.05, 0) is 82.7 Å². The molecule has 0 saturated carbocycles. The van der Waals surface area contributed by atoms with Crippen molar-refractivity contribution in [3.63, 3.8) is 0 Å². The first-order chi connectivity index (χ1) is 29.8. The topological polar surface area (TPSA) is 147 Å². The average molecular weight is 857 g/mol. The van der Waals surface area contributed by atoms with Crippen LogP contribution < -0.4 is 19.5 Å². The number of azide groups is 1. The maximum absolute atomic E-state index is 15.0. The molecule has 310 valence electrons. The summed E-state index contributed by atoms with van der Waals surface area (Å²) in [6, 6.07) is 44.8. The summed E-state index contributed by atoms with van der Waals surface area (Å²) in [5.74, 6) is 1.56. The Bertz CT molecular complexity index is 2500. The zero-order valence-corrected chi connectivity index (χ0v) is 34.6. The van der Waals surface area contributed by atoms with Gasteiger partial charge in [-0.25, -0.2) is 4.99 Å². The first-order valence-corrected chi connectivity index (χ1v) is 20.5. The summed E-state index contributed by atoms with van der Waals surface area (Å²) in [6.07, 6.45) is -0.0903. The molecule has 13 heteroatoms. The molecule has 0 fully saturated rings. The molecule has 7 rings (SSSR count). The number of benzene rings is 6. The Kier molecular flexibility index (Phi) is 14.4. The van der Waals surface area contributed by atoms with Crippen molar-refractivity contribution in [2.24, 2.45) is 10.1 Å². The van der Waals surface area contributed by atoms with Crippen molar-refractivity contribution in [2.75, 3.05) is 19.8 Å². The summed E-state index contributed by atoms with van der Waals surface area (Å²) in [6.45, 7) is 1.32. The van der Waals surface area contributed by atoms with E-state index >= 15 is 4.79 Å². The van der Waals surface area contributed by atoms with E-state index in [1.54, 1.807) is 60.7 Å². The number of carbonyl (C=O) groups is 1. The van der Waals surface area contributed by atoms with Gasteiger partial charge >= 0.3 is 0 Å². The predicted molar refractivity (Wildman–Crippen MR) is 237 cm³/mol. The molecule has 0 spiro atoms. The monoisotopic (exact) mass is 855 g/mol. The van der Waals surface area contributed by atoms with Crippen LogP contribution in [0, 0.1) is 0 Å².